The van der Waals surface area contributed by atoms with E-state index in [2.05, 4.69) is 13.0 Å². The van der Waals surface area contributed by atoms with Crippen molar-refractivity contribution >= 4 is 6.29 Å². The molecule has 1 aliphatic carbocycles. The van der Waals surface area contributed by atoms with E-state index in [-0.39, 0.29) is 0 Å². The summed E-state index contributed by atoms with van der Waals surface area (Å²) in [5, 5.41) is 9.80. The van der Waals surface area contributed by atoms with Crippen molar-refractivity contribution < 1.29 is 9.90 Å². The van der Waals surface area contributed by atoms with Gasteiger partial charge in [0, 0.05) is 6.42 Å². The number of carbonyl (C=O) groups is 1. The Bertz CT molecular complexity index is 260. The maximum absolute atomic E-state index is 10.3. The van der Waals surface area contributed by atoms with Gasteiger partial charge >= 0.3 is 0 Å². The molecule has 0 aromatic carbocycles. The number of aliphatic hydroxyl groups is 1. The van der Waals surface area contributed by atoms with E-state index in [1.54, 1.807) is 0 Å². The molecule has 0 saturated heterocycles. The number of allylic oxidation sites excluding steroid dienone is 2. The van der Waals surface area contributed by atoms with Crippen LogP contribution in [-0.2, 0) is 4.79 Å². The lowest BCUT2D eigenvalue weighted by Gasteiger charge is -2.31. The molecule has 0 fully saturated rings. The Morgan fingerprint density at radius 1 is 1.56 bits per heavy atom. The summed E-state index contributed by atoms with van der Waals surface area (Å²) >= 11 is 0. The molecule has 0 aliphatic heterocycles. The second-order valence-electron chi connectivity index (χ2n) is 5.74. The normalized spacial score (nSPS) is 26.4. The summed E-state index contributed by atoms with van der Waals surface area (Å²) < 4.78 is 0. The SMILES string of the molecule is C[C@H]1C[C@H](CC(C)(C)O)CC=C1CCC=O. The first-order chi connectivity index (χ1) is 7.42. The highest BCUT2D eigenvalue weighted by Crippen LogP contribution is 2.35. The monoisotopic (exact) mass is 224 g/mol. The molecule has 0 unspecified atom stereocenters. The number of hydrogen-bond acceptors (Lipinski definition) is 2. The zero-order valence-electron chi connectivity index (χ0n) is 10.7. The maximum Gasteiger partial charge on any atom is 0.120 e. The average molecular weight is 224 g/mol. The molecule has 92 valence electrons. The van der Waals surface area contributed by atoms with Gasteiger partial charge in [0.2, 0.25) is 0 Å². The largest absolute Gasteiger partial charge is 0.390 e. The fraction of sp³-hybridized carbons (Fsp3) is 0.786. The van der Waals surface area contributed by atoms with E-state index in [0.717, 1.165) is 32.0 Å². The van der Waals surface area contributed by atoms with Gasteiger partial charge in [0.05, 0.1) is 5.60 Å². The summed E-state index contributed by atoms with van der Waals surface area (Å²) in [5.74, 6) is 1.16. The zero-order chi connectivity index (χ0) is 12.2. The molecular formula is C14H24O2. The smallest absolute Gasteiger partial charge is 0.120 e. The Morgan fingerprint density at radius 3 is 2.75 bits per heavy atom. The minimum atomic E-state index is -0.557. The predicted octanol–water partition coefficient (Wildman–Crippen LogP) is 3.10. The van der Waals surface area contributed by atoms with Crippen molar-refractivity contribution in [2.75, 3.05) is 0 Å². The molecule has 0 heterocycles. The van der Waals surface area contributed by atoms with Gasteiger partial charge in [0.15, 0.2) is 0 Å². The third kappa shape index (κ3) is 4.48. The lowest BCUT2D eigenvalue weighted by Crippen LogP contribution is -2.26. The van der Waals surface area contributed by atoms with Crippen LogP contribution in [-0.4, -0.2) is 17.0 Å². The molecule has 0 saturated carbocycles. The van der Waals surface area contributed by atoms with Crippen LogP contribution >= 0.6 is 0 Å². The molecule has 0 amide bonds. The van der Waals surface area contributed by atoms with E-state index in [4.69, 9.17) is 0 Å². The van der Waals surface area contributed by atoms with Gasteiger partial charge in [-0.3, -0.25) is 0 Å². The number of hydrogen-bond donors (Lipinski definition) is 1. The molecule has 1 N–H and O–H groups in total. The van der Waals surface area contributed by atoms with E-state index in [1.807, 2.05) is 13.8 Å². The molecule has 2 heteroatoms. The average Bonchev–Trinajstić information content (AvgIpc) is 2.14. The summed E-state index contributed by atoms with van der Waals surface area (Å²) in [6, 6.07) is 0. The summed E-state index contributed by atoms with van der Waals surface area (Å²) in [7, 11) is 0. The van der Waals surface area contributed by atoms with E-state index in [0.29, 0.717) is 18.3 Å². The predicted molar refractivity (Wildman–Crippen MR) is 66.2 cm³/mol. The van der Waals surface area contributed by atoms with Crippen molar-refractivity contribution in [1.82, 2.24) is 0 Å². The molecule has 0 aromatic rings. The van der Waals surface area contributed by atoms with Crippen LogP contribution in [0.5, 0.6) is 0 Å². The van der Waals surface area contributed by atoms with Crippen molar-refractivity contribution in [3.63, 3.8) is 0 Å². The molecule has 2 nitrogen and oxygen atoms in total. The highest BCUT2D eigenvalue weighted by atomic mass is 16.3. The number of carbonyl (C=O) groups excluding carboxylic acids is 1. The first-order valence-corrected chi connectivity index (χ1v) is 6.27. The maximum atomic E-state index is 10.3. The topological polar surface area (TPSA) is 37.3 Å². The van der Waals surface area contributed by atoms with E-state index >= 15 is 0 Å². The van der Waals surface area contributed by atoms with Crippen LogP contribution in [0.25, 0.3) is 0 Å². The lowest BCUT2D eigenvalue weighted by atomic mass is 9.76. The van der Waals surface area contributed by atoms with Crippen LogP contribution in [0, 0.1) is 11.8 Å². The van der Waals surface area contributed by atoms with Crippen molar-refractivity contribution in [2.24, 2.45) is 11.8 Å². The van der Waals surface area contributed by atoms with Crippen LogP contribution < -0.4 is 0 Å². The molecule has 0 radical (unpaired) electrons. The Hall–Kier alpha value is -0.630. The van der Waals surface area contributed by atoms with E-state index in [1.165, 1.54) is 5.57 Å². The Labute approximate surface area is 98.7 Å². The van der Waals surface area contributed by atoms with Gasteiger partial charge in [0.25, 0.3) is 0 Å². The van der Waals surface area contributed by atoms with Crippen molar-refractivity contribution in [2.45, 2.75) is 58.5 Å². The van der Waals surface area contributed by atoms with Crippen molar-refractivity contribution in [1.29, 1.82) is 0 Å². The van der Waals surface area contributed by atoms with E-state index in [9.17, 15) is 9.90 Å². The number of rotatable bonds is 5. The molecular weight excluding hydrogens is 200 g/mol. The van der Waals surface area contributed by atoms with Crippen LogP contribution in [0.2, 0.25) is 0 Å². The van der Waals surface area contributed by atoms with Gasteiger partial charge in [-0.15, -0.1) is 0 Å². The minimum Gasteiger partial charge on any atom is -0.390 e. The highest BCUT2D eigenvalue weighted by Gasteiger charge is 2.25. The summed E-state index contributed by atoms with van der Waals surface area (Å²) in [5.41, 5.74) is 0.873. The van der Waals surface area contributed by atoms with E-state index < -0.39 is 5.60 Å². The fourth-order valence-corrected chi connectivity index (χ4v) is 2.71. The molecule has 1 aliphatic rings. The standard InChI is InChI=1S/C14H24O2/c1-11-9-12(10-14(2,3)16)6-7-13(11)5-4-8-15/h7-8,11-12,16H,4-6,9-10H2,1-3H3/t11-,12+/m0/s1. The Kier molecular flexibility index (Phi) is 4.72. The second kappa shape index (κ2) is 5.62. The Morgan fingerprint density at radius 2 is 2.25 bits per heavy atom. The first kappa shape index (κ1) is 13.4. The second-order valence-corrected chi connectivity index (χ2v) is 5.74. The van der Waals surface area contributed by atoms with Gasteiger partial charge in [-0.1, -0.05) is 18.6 Å². The van der Waals surface area contributed by atoms with Crippen LogP contribution in [0.4, 0.5) is 0 Å². The summed E-state index contributed by atoms with van der Waals surface area (Å²) in [6.07, 6.45) is 7.92. The minimum absolute atomic E-state index is 0.557. The van der Waals surface area contributed by atoms with Crippen molar-refractivity contribution in [3.05, 3.63) is 11.6 Å². The molecule has 0 aromatic heterocycles. The molecule has 0 bridgehead atoms. The third-order valence-corrected chi connectivity index (χ3v) is 3.37. The lowest BCUT2D eigenvalue weighted by molar-refractivity contribution is -0.107. The first-order valence-electron chi connectivity index (χ1n) is 6.27. The highest BCUT2D eigenvalue weighted by molar-refractivity contribution is 5.50. The van der Waals surface area contributed by atoms with Crippen LogP contribution in [0.15, 0.2) is 11.6 Å². The molecule has 0 spiro atoms. The molecule has 1 rings (SSSR count). The quantitative estimate of drug-likeness (QED) is 0.575. The van der Waals surface area contributed by atoms with Crippen LogP contribution in [0.1, 0.15) is 52.9 Å². The fourth-order valence-electron chi connectivity index (χ4n) is 2.71. The van der Waals surface area contributed by atoms with Gasteiger partial charge < -0.3 is 9.90 Å². The van der Waals surface area contributed by atoms with Gasteiger partial charge in [-0.05, 0) is 51.4 Å². The molecule has 16 heavy (non-hydrogen) atoms. The van der Waals surface area contributed by atoms with Gasteiger partial charge in [-0.2, -0.15) is 0 Å². The molecule has 2 atom stereocenters. The van der Waals surface area contributed by atoms with Gasteiger partial charge in [0.1, 0.15) is 6.29 Å². The van der Waals surface area contributed by atoms with Gasteiger partial charge in [-0.25, -0.2) is 0 Å². The Balaban J connectivity index is 2.49. The zero-order valence-corrected chi connectivity index (χ0v) is 10.7. The third-order valence-electron chi connectivity index (χ3n) is 3.37. The number of aldehydes is 1. The summed E-state index contributed by atoms with van der Waals surface area (Å²) in [6.45, 7) is 5.99. The summed E-state index contributed by atoms with van der Waals surface area (Å²) in [4.78, 5) is 10.3. The van der Waals surface area contributed by atoms with Crippen LogP contribution in [0.3, 0.4) is 0 Å². The van der Waals surface area contributed by atoms with Crippen molar-refractivity contribution in [3.8, 4) is 0 Å².